The summed E-state index contributed by atoms with van der Waals surface area (Å²) in [5, 5.41) is 0. The fourth-order valence-corrected chi connectivity index (χ4v) is 1.78. The molecule has 0 amide bonds. The fraction of sp³-hybridized carbons (Fsp3) is 0.143. The van der Waals surface area contributed by atoms with E-state index in [1.54, 1.807) is 6.20 Å². The summed E-state index contributed by atoms with van der Waals surface area (Å²) in [6, 6.07) is 7.78. The van der Waals surface area contributed by atoms with Crippen LogP contribution in [0.4, 0.5) is 0 Å². The van der Waals surface area contributed by atoms with Gasteiger partial charge in [0.25, 0.3) is 0 Å². The molecule has 1 heterocycles. The van der Waals surface area contributed by atoms with Crippen LogP contribution in [-0.2, 0) is 0 Å². The molecule has 2 aromatic rings. The van der Waals surface area contributed by atoms with E-state index in [-0.39, 0.29) is 0 Å². The van der Waals surface area contributed by atoms with E-state index in [4.69, 9.17) is 0 Å². The lowest BCUT2D eigenvalue weighted by Gasteiger charge is -2.08. The SMILES string of the molecule is Cc1ccc(C=O)c(-c2ccncc2C)c1. The lowest BCUT2D eigenvalue weighted by molar-refractivity contribution is 0.112. The summed E-state index contributed by atoms with van der Waals surface area (Å²) in [5.41, 5.74) is 5.00. The Morgan fingerprint density at radius 1 is 1.12 bits per heavy atom. The Labute approximate surface area is 95.0 Å². The topological polar surface area (TPSA) is 30.0 Å². The molecule has 0 saturated carbocycles. The Kier molecular flexibility index (Phi) is 2.82. The van der Waals surface area contributed by atoms with E-state index in [2.05, 4.69) is 4.98 Å². The summed E-state index contributed by atoms with van der Waals surface area (Å²) in [6.07, 6.45) is 4.46. The zero-order valence-corrected chi connectivity index (χ0v) is 9.40. The van der Waals surface area contributed by atoms with Gasteiger partial charge in [-0.3, -0.25) is 9.78 Å². The molecular weight excluding hydrogens is 198 g/mol. The molecule has 0 bridgehead atoms. The van der Waals surface area contributed by atoms with Crippen LogP contribution in [0.15, 0.2) is 36.7 Å². The molecule has 0 N–H and O–H groups in total. The fourth-order valence-electron chi connectivity index (χ4n) is 1.78. The first kappa shape index (κ1) is 10.6. The molecule has 1 aromatic heterocycles. The van der Waals surface area contributed by atoms with Crippen molar-refractivity contribution in [3.05, 3.63) is 53.3 Å². The van der Waals surface area contributed by atoms with E-state index >= 15 is 0 Å². The monoisotopic (exact) mass is 211 g/mol. The Bertz CT molecular complexity index is 532. The van der Waals surface area contributed by atoms with Gasteiger partial charge >= 0.3 is 0 Å². The van der Waals surface area contributed by atoms with Crippen LogP contribution in [-0.4, -0.2) is 11.3 Å². The van der Waals surface area contributed by atoms with Crippen molar-refractivity contribution in [3.63, 3.8) is 0 Å². The van der Waals surface area contributed by atoms with Gasteiger partial charge in [0.1, 0.15) is 0 Å². The molecule has 0 radical (unpaired) electrons. The molecule has 2 heteroatoms. The molecule has 16 heavy (non-hydrogen) atoms. The van der Waals surface area contributed by atoms with Crippen molar-refractivity contribution in [2.75, 3.05) is 0 Å². The third-order valence-electron chi connectivity index (χ3n) is 2.65. The maximum atomic E-state index is 11.0. The molecule has 1 aromatic carbocycles. The van der Waals surface area contributed by atoms with Gasteiger partial charge < -0.3 is 0 Å². The number of aryl methyl sites for hydroxylation is 2. The maximum absolute atomic E-state index is 11.0. The number of rotatable bonds is 2. The van der Waals surface area contributed by atoms with Gasteiger partial charge in [-0.15, -0.1) is 0 Å². The van der Waals surface area contributed by atoms with Gasteiger partial charge in [0.05, 0.1) is 0 Å². The van der Waals surface area contributed by atoms with Gasteiger partial charge in [-0.2, -0.15) is 0 Å². The third-order valence-corrected chi connectivity index (χ3v) is 2.65. The van der Waals surface area contributed by atoms with Crippen LogP contribution < -0.4 is 0 Å². The summed E-state index contributed by atoms with van der Waals surface area (Å²) in [7, 11) is 0. The predicted octanol–water partition coefficient (Wildman–Crippen LogP) is 3.18. The van der Waals surface area contributed by atoms with Gasteiger partial charge in [-0.1, -0.05) is 23.8 Å². The van der Waals surface area contributed by atoms with E-state index in [0.717, 1.165) is 34.1 Å². The quantitative estimate of drug-likeness (QED) is 0.714. The number of aromatic nitrogens is 1. The van der Waals surface area contributed by atoms with Gasteiger partial charge in [0, 0.05) is 18.0 Å². The number of aldehydes is 1. The molecule has 0 aliphatic rings. The first-order valence-electron chi connectivity index (χ1n) is 5.19. The molecule has 0 atom stereocenters. The summed E-state index contributed by atoms with van der Waals surface area (Å²) >= 11 is 0. The number of benzene rings is 1. The second kappa shape index (κ2) is 4.27. The lowest BCUT2D eigenvalue weighted by atomic mass is 9.96. The van der Waals surface area contributed by atoms with E-state index in [1.165, 1.54) is 0 Å². The highest BCUT2D eigenvalue weighted by Gasteiger charge is 2.07. The van der Waals surface area contributed by atoms with Crippen molar-refractivity contribution in [1.29, 1.82) is 0 Å². The van der Waals surface area contributed by atoms with Crippen molar-refractivity contribution in [1.82, 2.24) is 4.98 Å². The second-order valence-electron chi connectivity index (χ2n) is 3.90. The number of hydrogen-bond acceptors (Lipinski definition) is 2. The van der Waals surface area contributed by atoms with Gasteiger partial charge in [-0.05, 0) is 36.6 Å². The van der Waals surface area contributed by atoms with E-state index in [9.17, 15) is 4.79 Å². The average molecular weight is 211 g/mol. The summed E-state index contributed by atoms with van der Waals surface area (Å²) in [5.74, 6) is 0. The largest absolute Gasteiger partial charge is 0.298 e. The van der Waals surface area contributed by atoms with E-state index < -0.39 is 0 Å². The van der Waals surface area contributed by atoms with Crippen LogP contribution in [0.3, 0.4) is 0 Å². The molecule has 2 nitrogen and oxygen atoms in total. The summed E-state index contributed by atoms with van der Waals surface area (Å²) in [6.45, 7) is 4.02. The van der Waals surface area contributed by atoms with E-state index in [1.807, 2.05) is 44.3 Å². The Morgan fingerprint density at radius 2 is 1.94 bits per heavy atom. The van der Waals surface area contributed by atoms with Crippen LogP contribution >= 0.6 is 0 Å². The zero-order chi connectivity index (χ0) is 11.5. The Morgan fingerprint density at radius 3 is 2.62 bits per heavy atom. The van der Waals surface area contributed by atoms with Crippen molar-refractivity contribution in [2.45, 2.75) is 13.8 Å². The van der Waals surface area contributed by atoms with Gasteiger partial charge in [0.15, 0.2) is 6.29 Å². The van der Waals surface area contributed by atoms with Crippen LogP contribution in [0, 0.1) is 13.8 Å². The zero-order valence-electron chi connectivity index (χ0n) is 9.40. The van der Waals surface area contributed by atoms with Crippen molar-refractivity contribution >= 4 is 6.29 Å². The minimum absolute atomic E-state index is 0.722. The Balaban J connectivity index is 2.67. The third kappa shape index (κ3) is 1.87. The minimum atomic E-state index is 0.722. The number of pyridine rings is 1. The molecule has 0 saturated heterocycles. The maximum Gasteiger partial charge on any atom is 0.150 e. The smallest absolute Gasteiger partial charge is 0.150 e. The summed E-state index contributed by atoms with van der Waals surface area (Å²) < 4.78 is 0. The van der Waals surface area contributed by atoms with Crippen molar-refractivity contribution in [3.8, 4) is 11.1 Å². The molecule has 0 unspecified atom stereocenters. The first-order chi connectivity index (χ1) is 7.72. The number of carbonyl (C=O) groups excluding carboxylic acids is 1. The standard InChI is InChI=1S/C14H13NO/c1-10-3-4-12(9-16)14(7-10)13-5-6-15-8-11(13)2/h3-9H,1-2H3. The molecule has 80 valence electrons. The van der Waals surface area contributed by atoms with Crippen LogP contribution in [0.25, 0.3) is 11.1 Å². The lowest BCUT2D eigenvalue weighted by Crippen LogP contribution is -1.91. The van der Waals surface area contributed by atoms with Crippen LogP contribution in [0.5, 0.6) is 0 Å². The highest BCUT2D eigenvalue weighted by Crippen LogP contribution is 2.26. The van der Waals surface area contributed by atoms with Crippen molar-refractivity contribution < 1.29 is 4.79 Å². The second-order valence-corrected chi connectivity index (χ2v) is 3.90. The number of nitrogens with zero attached hydrogens (tertiary/aromatic N) is 1. The molecule has 0 fully saturated rings. The number of carbonyl (C=O) groups is 1. The highest BCUT2D eigenvalue weighted by atomic mass is 16.1. The molecule has 0 spiro atoms. The molecule has 0 aliphatic heterocycles. The van der Waals surface area contributed by atoms with Crippen LogP contribution in [0.1, 0.15) is 21.5 Å². The molecule has 0 aliphatic carbocycles. The number of hydrogen-bond donors (Lipinski definition) is 0. The first-order valence-corrected chi connectivity index (χ1v) is 5.19. The normalized spacial score (nSPS) is 10.1. The molecular formula is C14H13NO. The molecule has 2 rings (SSSR count). The summed E-state index contributed by atoms with van der Waals surface area (Å²) in [4.78, 5) is 15.1. The van der Waals surface area contributed by atoms with Crippen LogP contribution in [0.2, 0.25) is 0 Å². The average Bonchev–Trinajstić information content (AvgIpc) is 2.29. The minimum Gasteiger partial charge on any atom is -0.298 e. The Hall–Kier alpha value is -1.96. The van der Waals surface area contributed by atoms with E-state index in [0.29, 0.717) is 0 Å². The van der Waals surface area contributed by atoms with Gasteiger partial charge in [-0.25, -0.2) is 0 Å². The highest BCUT2D eigenvalue weighted by molar-refractivity contribution is 5.88. The predicted molar refractivity (Wildman–Crippen MR) is 64.5 cm³/mol. The van der Waals surface area contributed by atoms with Gasteiger partial charge in [0.2, 0.25) is 0 Å². The van der Waals surface area contributed by atoms with Crippen molar-refractivity contribution in [2.24, 2.45) is 0 Å².